The second-order valence-electron chi connectivity index (χ2n) is 9.28. The molecule has 4 aliphatic rings. The number of aromatic nitrogens is 1. The monoisotopic (exact) mass is 365 g/mol. The van der Waals surface area contributed by atoms with Gasteiger partial charge in [-0.2, -0.15) is 0 Å². The van der Waals surface area contributed by atoms with Gasteiger partial charge in [-0.25, -0.2) is 0 Å². The molecule has 0 aliphatic heterocycles. The molecule has 0 unspecified atom stereocenters. The number of ketones is 1. The molecule has 142 valence electrons. The van der Waals surface area contributed by atoms with Crippen LogP contribution in [0.4, 0.5) is 0 Å². The fourth-order valence-electron chi connectivity index (χ4n) is 6.50. The number of aryl methyl sites for hydroxylation is 1. The summed E-state index contributed by atoms with van der Waals surface area (Å²) in [6.45, 7) is 3.63. The summed E-state index contributed by atoms with van der Waals surface area (Å²) >= 11 is 0. The number of aromatic amines is 1. The van der Waals surface area contributed by atoms with Gasteiger partial charge >= 0.3 is 5.97 Å². The molecule has 4 aliphatic carbocycles. The lowest BCUT2D eigenvalue weighted by atomic mass is 9.49. The average Bonchev–Trinajstić information content (AvgIpc) is 2.95. The van der Waals surface area contributed by atoms with Crippen LogP contribution < -0.4 is 0 Å². The first-order valence-corrected chi connectivity index (χ1v) is 10.3. The quantitative estimate of drug-likeness (QED) is 0.625. The molecule has 6 rings (SSSR count). The first-order valence-electron chi connectivity index (χ1n) is 10.3. The number of carbonyl (C=O) groups excluding carboxylic acids is 2. The standard InChI is InChI=1S/C23H27NO3/c1-13-20(18-5-3-4-6-19(18)24-13)21(25)14(2)27-22(26)23-10-15-7-16(11-23)9-17(8-15)12-23/h3-6,14-17,24H,7-12H2,1-2H3/t14-,15?,16?,17?,23?/m1/s1. The molecule has 1 atom stereocenters. The van der Waals surface area contributed by atoms with Crippen LogP contribution in [0, 0.1) is 30.1 Å². The van der Waals surface area contributed by atoms with Crippen molar-refractivity contribution in [2.24, 2.45) is 23.2 Å². The van der Waals surface area contributed by atoms with Gasteiger partial charge in [-0.1, -0.05) is 18.2 Å². The number of esters is 1. The molecule has 2 aromatic rings. The van der Waals surface area contributed by atoms with Crippen molar-refractivity contribution in [2.75, 3.05) is 0 Å². The van der Waals surface area contributed by atoms with Crippen molar-refractivity contribution in [3.63, 3.8) is 0 Å². The van der Waals surface area contributed by atoms with Crippen LogP contribution in [0.5, 0.6) is 0 Å². The van der Waals surface area contributed by atoms with Crippen molar-refractivity contribution in [3.05, 3.63) is 35.5 Å². The Morgan fingerprint density at radius 3 is 2.30 bits per heavy atom. The van der Waals surface area contributed by atoms with Crippen molar-refractivity contribution in [2.45, 2.75) is 58.5 Å². The molecule has 1 heterocycles. The van der Waals surface area contributed by atoms with Crippen molar-refractivity contribution in [1.82, 2.24) is 4.98 Å². The SMILES string of the molecule is Cc1[nH]c2ccccc2c1C(=O)[C@@H](C)OC(=O)C12CC3CC(CC(C3)C1)C2. The molecule has 1 aromatic heterocycles. The van der Waals surface area contributed by atoms with Gasteiger partial charge in [-0.15, -0.1) is 0 Å². The Labute approximate surface area is 159 Å². The van der Waals surface area contributed by atoms with Crippen LogP contribution in [0.15, 0.2) is 24.3 Å². The summed E-state index contributed by atoms with van der Waals surface area (Å²) in [5.41, 5.74) is 2.10. The Kier molecular flexibility index (Phi) is 3.75. The number of H-pyrrole nitrogens is 1. The van der Waals surface area contributed by atoms with E-state index < -0.39 is 6.10 Å². The summed E-state index contributed by atoms with van der Waals surface area (Å²) < 4.78 is 5.82. The summed E-state index contributed by atoms with van der Waals surface area (Å²) in [5, 5.41) is 0.901. The molecular formula is C23H27NO3. The highest BCUT2D eigenvalue weighted by Gasteiger charge is 2.55. The Morgan fingerprint density at radius 1 is 1.07 bits per heavy atom. The first kappa shape index (κ1) is 17.0. The largest absolute Gasteiger partial charge is 0.454 e. The number of para-hydroxylation sites is 1. The molecule has 4 fully saturated rings. The van der Waals surface area contributed by atoms with E-state index in [1.165, 1.54) is 19.3 Å². The van der Waals surface area contributed by atoms with Gasteiger partial charge in [0.1, 0.15) is 0 Å². The van der Waals surface area contributed by atoms with E-state index in [9.17, 15) is 9.59 Å². The fourth-order valence-corrected chi connectivity index (χ4v) is 6.50. The Morgan fingerprint density at radius 2 is 1.67 bits per heavy atom. The number of ether oxygens (including phenoxy) is 1. The summed E-state index contributed by atoms with van der Waals surface area (Å²) in [6.07, 6.45) is 6.00. The van der Waals surface area contributed by atoms with E-state index in [1.54, 1.807) is 6.92 Å². The minimum absolute atomic E-state index is 0.108. The second-order valence-corrected chi connectivity index (χ2v) is 9.28. The van der Waals surface area contributed by atoms with Gasteiger partial charge in [0.05, 0.1) is 5.41 Å². The Bertz CT molecular complexity index is 890. The van der Waals surface area contributed by atoms with Gasteiger partial charge < -0.3 is 9.72 Å². The van der Waals surface area contributed by atoms with Crippen molar-refractivity contribution in [1.29, 1.82) is 0 Å². The predicted molar refractivity (Wildman–Crippen MR) is 104 cm³/mol. The van der Waals surface area contributed by atoms with Crippen LogP contribution in [0.2, 0.25) is 0 Å². The topological polar surface area (TPSA) is 59.2 Å². The number of Topliss-reactive ketones (excluding diaryl/α,β-unsaturated/α-hetero) is 1. The maximum absolute atomic E-state index is 13.1. The molecule has 27 heavy (non-hydrogen) atoms. The highest BCUT2D eigenvalue weighted by Crippen LogP contribution is 2.60. The summed E-state index contributed by atoms with van der Waals surface area (Å²) in [5.74, 6) is 1.82. The maximum Gasteiger partial charge on any atom is 0.312 e. The van der Waals surface area contributed by atoms with Crippen molar-refractivity contribution < 1.29 is 14.3 Å². The van der Waals surface area contributed by atoms with Crippen LogP contribution in [0.3, 0.4) is 0 Å². The number of fused-ring (bicyclic) bond motifs is 1. The number of benzene rings is 1. The van der Waals surface area contributed by atoms with E-state index >= 15 is 0 Å². The van der Waals surface area contributed by atoms with Gasteiger partial charge in [-0.3, -0.25) is 9.59 Å². The number of nitrogens with one attached hydrogen (secondary N) is 1. The lowest BCUT2D eigenvalue weighted by Gasteiger charge is -2.55. The molecule has 4 saturated carbocycles. The third-order valence-electron chi connectivity index (χ3n) is 7.26. The molecule has 1 aromatic carbocycles. The molecule has 0 amide bonds. The zero-order chi connectivity index (χ0) is 18.8. The van der Waals surface area contributed by atoms with Gasteiger partial charge in [0.15, 0.2) is 6.10 Å². The zero-order valence-corrected chi connectivity index (χ0v) is 16.1. The van der Waals surface area contributed by atoms with Gasteiger partial charge in [-0.05, 0) is 76.2 Å². The molecule has 4 heteroatoms. The van der Waals surface area contributed by atoms with Gasteiger partial charge in [0, 0.05) is 22.2 Å². The highest BCUT2D eigenvalue weighted by atomic mass is 16.5. The summed E-state index contributed by atoms with van der Waals surface area (Å²) in [7, 11) is 0. The summed E-state index contributed by atoms with van der Waals surface area (Å²) in [4.78, 5) is 29.5. The van der Waals surface area contributed by atoms with E-state index in [0.717, 1.165) is 35.9 Å². The molecule has 0 saturated heterocycles. The van der Waals surface area contributed by atoms with Crippen LogP contribution >= 0.6 is 0 Å². The van der Waals surface area contributed by atoms with Gasteiger partial charge in [0.2, 0.25) is 5.78 Å². The number of carbonyl (C=O) groups is 2. The van der Waals surface area contributed by atoms with E-state index in [2.05, 4.69) is 4.98 Å². The molecular weight excluding hydrogens is 338 g/mol. The molecule has 0 spiro atoms. The van der Waals surface area contributed by atoms with Gasteiger partial charge in [0.25, 0.3) is 0 Å². The lowest BCUT2D eigenvalue weighted by Crippen LogP contribution is -2.51. The predicted octanol–water partition coefficient (Wildman–Crippen LogP) is 4.81. The van der Waals surface area contributed by atoms with E-state index in [0.29, 0.717) is 23.3 Å². The van der Waals surface area contributed by atoms with E-state index in [-0.39, 0.29) is 17.2 Å². The van der Waals surface area contributed by atoms with Crippen LogP contribution in [0.25, 0.3) is 10.9 Å². The van der Waals surface area contributed by atoms with E-state index in [1.807, 2.05) is 31.2 Å². The Hall–Kier alpha value is -2.10. The van der Waals surface area contributed by atoms with Crippen LogP contribution in [-0.4, -0.2) is 22.8 Å². The van der Waals surface area contributed by atoms with Crippen LogP contribution in [0.1, 0.15) is 61.5 Å². The number of rotatable bonds is 4. The smallest absolute Gasteiger partial charge is 0.312 e. The average molecular weight is 365 g/mol. The fraction of sp³-hybridized carbons (Fsp3) is 0.565. The highest BCUT2D eigenvalue weighted by molar-refractivity contribution is 6.11. The minimum atomic E-state index is -0.747. The molecule has 0 radical (unpaired) electrons. The molecule has 4 bridgehead atoms. The number of hydrogen-bond acceptors (Lipinski definition) is 3. The Balaban J connectivity index is 1.37. The van der Waals surface area contributed by atoms with Crippen LogP contribution in [-0.2, 0) is 9.53 Å². The van der Waals surface area contributed by atoms with Crippen molar-refractivity contribution in [3.8, 4) is 0 Å². The molecule has 1 N–H and O–H groups in total. The minimum Gasteiger partial charge on any atom is -0.454 e. The zero-order valence-electron chi connectivity index (χ0n) is 16.1. The normalized spacial score (nSPS) is 32.6. The van der Waals surface area contributed by atoms with Crippen molar-refractivity contribution >= 4 is 22.7 Å². The third kappa shape index (κ3) is 2.64. The summed E-state index contributed by atoms with van der Waals surface area (Å²) in [6, 6.07) is 7.78. The second kappa shape index (κ2) is 5.95. The molecule has 4 nitrogen and oxygen atoms in total. The third-order valence-corrected chi connectivity index (χ3v) is 7.26. The van der Waals surface area contributed by atoms with E-state index in [4.69, 9.17) is 4.74 Å². The lowest BCUT2D eigenvalue weighted by molar-refractivity contribution is -0.174. The number of hydrogen-bond donors (Lipinski definition) is 1. The maximum atomic E-state index is 13.1. The first-order chi connectivity index (χ1) is 12.9.